The standard InChI is InChI=1S/C19H21IN2O3S/c1-12(2)11-25-15-7-5-14(6-8-15)21-19(26)22-18(23)13-4-9-17(24-3)16(20)10-13/h4-10,12H,11H2,1-3H3,(H2,21,22,23,26). The maximum Gasteiger partial charge on any atom is 0.257 e. The second-order valence-corrected chi connectivity index (χ2v) is 7.56. The quantitative estimate of drug-likeness (QED) is 0.469. The zero-order valence-corrected chi connectivity index (χ0v) is 17.8. The molecule has 1 amide bonds. The smallest absolute Gasteiger partial charge is 0.257 e. The Labute approximate surface area is 172 Å². The molecule has 0 atom stereocenters. The van der Waals surface area contributed by atoms with Crippen LogP contribution in [0.25, 0.3) is 0 Å². The molecular weight excluding hydrogens is 463 g/mol. The van der Waals surface area contributed by atoms with Crippen LogP contribution in [0.4, 0.5) is 5.69 Å². The van der Waals surface area contributed by atoms with Crippen LogP contribution >= 0.6 is 34.8 Å². The number of methoxy groups -OCH3 is 1. The molecule has 0 spiro atoms. The number of carbonyl (C=O) groups excluding carboxylic acids is 1. The van der Waals surface area contributed by atoms with Gasteiger partial charge in [0.25, 0.3) is 5.91 Å². The molecule has 0 saturated carbocycles. The average Bonchev–Trinajstić information content (AvgIpc) is 2.60. The summed E-state index contributed by atoms with van der Waals surface area (Å²) in [5.41, 5.74) is 1.29. The van der Waals surface area contributed by atoms with Crippen LogP contribution < -0.4 is 20.1 Å². The third-order valence-corrected chi connectivity index (χ3v) is 4.38. The first-order valence-corrected chi connectivity index (χ1v) is 9.56. The van der Waals surface area contributed by atoms with Gasteiger partial charge in [0.1, 0.15) is 11.5 Å². The Kier molecular flexibility index (Phi) is 7.65. The number of thiocarbonyl (C=S) groups is 1. The predicted molar refractivity (Wildman–Crippen MR) is 116 cm³/mol. The highest BCUT2D eigenvalue weighted by molar-refractivity contribution is 14.1. The number of halogens is 1. The lowest BCUT2D eigenvalue weighted by Gasteiger charge is -2.12. The van der Waals surface area contributed by atoms with E-state index in [9.17, 15) is 4.79 Å². The molecule has 138 valence electrons. The van der Waals surface area contributed by atoms with E-state index >= 15 is 0 Å². The van der Waals surface area contributed by atoms with Crippen LogP contribution in [0.2, 0.25) is 0 Å². The van der Waals surface area contributed by atoms with Crippen molar-refractivity contribution < 1.29 is 14.3 Å². The molecule has 26 heavy (non-hydrogen) atoms. The fourth-order valence-corrected chi connectivity index (χ4v) is 2.99. The summed E-state index contributed by atoms with van der Waals surface area (Å²) in [4.78, 5) is 12.3. The van der Waals surface area contributed by atoms with Crippen LogP contribution in [0, 0.1) is 9.49 Å². The Morgan fingerprint density at radius 3 is 2.46 bits per heavy atom. The first kappa shape index (κ1) is 20.4. The minimum Gasteiger partial charge on any atom is -0.496 e. The molecule has 0 radical (unpaired) electrons. The van der Waals surface area contributed by atoms with Gasteiger partial charge in [-0.3, -0.25) is 10.1 Å². The molecule has 0 fully saturated rings. The number of rotatable bonds is 6. The van der Waals surface area contributed by atoms with Crippen LogP contribution in [-0.4, -0.2) is 24.7 Å². The van der Waals surface area contributed by atoms with E-state index in [1.165, 1.54) is 0 Å². The van der Waals surface area contributed by atoms with Gasteiger partial charge in [-0.25, -0.2) is 0 Å². The maximum atomic E-state index is 12.3. The molecule has 0 bridgehead atoms. The number of anilines is 1. The summed E-state index contributed by atoms with van der Waals surface area (Å²) in [6.45, 7) is 4.86. The number of hydrogen-bond donors (Lipinski definition) is 2. The van der Waals surface area contributed by atoms with Crippen molar-refractivity contribution in [3.8, 4) is 11.5 Å². The topological polar surface area (TPSA) is 59.6 Å². The van der Waals surface area contributed by atoms with E-state index in [-0.39, 0.29) is 11.0 Å². The molecular formula is C19H21IN2O3S. The van der Waals surface area contributed by atoms with Crippen molar-refractivity contribution >= 4 is 51.5 Å². The summed E-state index contributed by atoms with van der Waals surface area (Å²) in [6.07, 6.45) is 0. The van der Waals surface area contributed by atoms with E-state index in [1.807, 2.05) is 24.3 Å². The minimum atomic E-state index is -0.278. The van der Waals surface area contributed by atoms with Gasteiger partial charge in [0.2, 0.25) is 0 Å². The lowest BCUT2D eigenvalue weighted by atomic mass is 10.2. The molecule has 0 saturated heterocycles. The zero-order valence-electron chi connectivity index (χ0n) is 14.8. The Hall–Kier alpha value is -1.87. The SMILES string of the molecule is COc1ccc(C(=O)NC(=S)Nc2ccc(OCC(C)C)cc2)cc1I. The first-order valence-electron chi connectivity index (χ1n) is 8.07. The van der Waals surface area contributed by atoms with E-state index < -0.39 is 0 Å². The van der Waals surface area contributed by atoms with E-state index in [1.54, 1.807) is 25.3 Å². The lowest BCUT2D eigenvalue weighted by Crippen LogP contribution is -2.34. The molecule has 5 nitrogen and oxygen atoms in total. The Bertz CT molecular complexity index is 779. The van der Waals surface area contributed by atoms with Gasteiger partial charge in [-0.05, 0) is 83.2 Å². The first-order chi connectivity index (χ1) is 12.4. The molecule has 2 aromatic carbocycles. The predicted octanol–water partition coefficient (Wildman–Crippen LogP) is 4.46. The summed E-state index contributed by atoms with van der Waals surface area (Å²) < 4.78 is 11.7. The summed E-state index contributed by atoms with van der Waals surface area (Å²) >= 11 is 7.33. The van der Waals surface area contributed by atoms with Crippen molar-refractivity contribution in [2.75, 3.05) is 19.0 Å². The lowest BCUT2D eigenvalue weighted by molar-refractivity contribution is 0.0977. The van der Waals surface area contributed by atoms with Gasteiger partial charge >= 0.3 is 0 Å². The number of amides is 1. The molecule has 2 N–H and O–H groups in total. The van der Waals surface area contributed by atoms with Crippen molar-refractivity contribution in [2.24, 2.45) is 5.92 Å². The molecule has 0 aliphatic carbocycles. The Balaban J connectivity index is 1.91. The van der Waals surface area contributed by atoms with Crippen molar-refractivity contribution in [3.05, 3.63) is 51.6 Å². The van der Waals surface area contributed by atoms with E-state index in [0.29, 0.717) is 18.1 Å². The van der Waals surface area contributed by atoms with Crippen molar-refractivity contribution in [1.82, 2.24) is 5.32 Å². The highest BCUT2D eigenvalue weighted by atomic mass is 127. The van der Waals surface area contributed by atoms with Crippen LogP contribution in [0.3, 0.4) is 0 Å². The highest BCUT2D eigenvalue weighted by Gasteiger charge is 2.10. The number of benzene rings is 2. The van der Waals surface area contributed by atoms with Gasteiger partial charge in [-0.2, -0.15) is 0 Å². The van der Waals surface area contributed by atoms with Crippen molar-refractivity contribution in [1.29, 1.82) is 0 Å². The van der Waals surface area contributed by atoms with Gasteiger partial charge < -0.3 is 14.8 Å². The molecule has 7 heteroatoms. The molecule has 0 aromatic heterocycles. The largest absolute Gasteiger partial charge is 0.496 e. The van der Waals surface area contributed by atoms with Gasteiger partial charge in [0.15, 0.2) is 5.11 Å². The van der Waals surface area contributed by atoms with Crippen LogP contribution in [-0.2, 0) is 0 Å². The van der Waals surface area contributed by atoms with Crippen LogP contribution in [0.5, 0.6) is 11.5 Å². The molecule has 2 rings (SSSR count). The fraction of sp³-hybridized carbons (Fsp3) is 0.263. The average molecular weight is 484 g/mol. The van der Waals surface area contributed by atoms with Crippen LogP contribution in [0.15, 0.2) is 42.5 Å². The van der Waals surface area contributed by atoms with Crippen molar-refractivity contribution in [2.45, 2.75) is 13.8 Å². The monoisotopic (exact) mass is 484 g/mol. The van der Waals surface area contributed by atoms with Crippen LogP contribution in [0.1, 0.15) is 24.2 Å². The fourth-order valence-electron chi connectivity index (χ4n) is 2.04. The molecule has 2 aromatic rings. The van der Waals surface area contributed by atoms with Gasteiger partial charge in [0.05, 0.1) is 17.3 Å². The summed E-state index contributed by atoms with van der Waals surface area (Å²) in [6, 6.07) is 12.6. The molecule has 0 aliphatic rings. The van der Waals surface area contributed by atoms with E-state index in [2.05, 4.69) is 47.1 Å². The number of ether oxygens (including phenoxy) is 2. The minimum absolute atomic E-state index is 0.233. The normalized spacial score (nSPS) is 10.3. The Morgan fingerprint density at radius 2 is 1.88 bits per heavy atom. The number of hydrogen-bond acceptors (Lipinski definition) is 4. The van der Waals surface area contributed by atoms with Gasteiger partial charge in [0, 0.05) is 11.3 Å². The highest BCUT2D eigenvalue weighted by Crippen LogP contribution is 2.21. The summed E-state index contributed by atoms with van der Waals surface area (Å²) in [7, 11) is 1.59. The summed E-state index contributed by atoms with van der Waals surface area (Å²) in [5.74, 6) is 1.71. The second-order valence-electron chi connectivity index (χ2n) is 5.99. The van der Waals surface area contributed by atoms with Gasteiger partial charge in [-0.15, -0.1) is 0 Å². The molecule has 0 aliphatic heterocycles. The maximum absolute atomic E-state index is 12.3. The van der Waals surface area contributed by atoms with E-state index in [0.717, 1.165) is 20.8 Å². The van der Waals surface area contributed by atoms with E-state index in [4.69, 9.17) is 21.7 Å². The molecule has 0 unspecified atom stereocenters. The third-order valence-electron chi connectivity index (χ3n) is 3.34. The third kappa shape index (κ3) is 6.14. The second kappa shape index (κ2) is 9.72. The zero-order chi connectivity index (χ0) is 19.1. The van der Waals surface area contributed by atoms with Gasteiger partial charge in [-0.1, -0.05) is 13.8 Å². The summed E-state index contributed by atoms with van der Waals surface area (Å²) in [5, 5.41) is 5.89. The Morgan fingerprint density at radius 1 is 1.19 bits per heavy atom. The van der Waals surface area contributed by atoms with Crippen molar-refractivity contribution in [3.63, 3.8) is 0 Å². The molecule has 0 heterocycles. The number of carbonyl (C=O) groups is 1. The number of nitrogens with one attached hydrogen (secondary N) is 2.